The molecular weight excluding hydrogens is 356 g/mol. The molecule has 0 aliphatic carbocycles. The molecule has 0 aliphatic rings. The molecule has 0 aliphatic heterocycles. The maximum atomic E-state index is 11.5. The summed E-state index contributed by atoms with van der Waals surface area (Å²) in [6.07, 6.45) is 1.48. The van der Waals surface area contributed by atoms with Gasteiger partial charge in [-0.3, -0.25) is 4.79 Å². The summed E-state index contributed by atoms with van der Waals surface area (Å²) in [7, 11) is 0. The van der Waals surface area contributed by atoms with Crippen LogP contribution in [0.15, 0.2) is 59.7 Å². The fraction of sp³-hybridized carbons (Fsp3) is 0.182. The van der Waals surface area contributed by atoms with Crippen molar-refractivity contribution in [1.29, 1.82) is 0 Å². The van der Waals surface area contributed by atoms with Crippen LogP contribution in [-0.2, 0) is 13.0 Å². The van der Waals surface area contributed by atoms with Gasteiger partial charge in [0, 0.05) is 23.5 Å². The molecule has 0 amide bonds. The van der Waals surface area contributed by atoms with Gasteiger partial charge in [-0.2, -0.15) is 0 Å². The zero-order valence-electron chi connectivity index (χ0n) is 15.1. The molecule has 1 aromatic heterocycles. The largest absolute Gasteiger partial charge is 0.502 e. The Balaban J connectivity index is 1.74. The number of H-pyrrole nitrogens is 1. The Hall–Kier alpha value is -3.40. The van der Waals surface area contributed by atoms with Crippen LogP contribution < -0.4 is 5.56 Å². The molecule has 0 radical (unpaired) electrons. The van der Waals surface area contributed by atoms with Gasteiger partial charge < -0.3 is 20.3 Å². The smallest absolute Gasteiger partial charge is 0.293 e. The van der Waals surface area contributed by atoms with Crippen molar-refractivity contribution in [2.45, 2.75) is 18.9 Å². The number of rotatable bonds is 5. The van der Waals surface area contributed by atoms with E-state index in [1.807, 2.05) is 48.5 Å². The lowest BCUT2D eigenvalue weighted by Crippen LogP contribution is -2.14. The molecule has 2 aromatic carbocycles. The number of aliphatic hydroxyl groups excluding tert-OH is 2. The third-order valence-corrected chi connectivity index (χ3v) is 4.43. The van der Waals surface area contributed by atoms with Crippen molar-refractivity contribution in [1.82, 2.24) is 9.97 Å². The Morgan fingerprint density at radius 1 is 0.964 bits per heavy atom. The first-order valence-electron chi connectivity index (χ1n) is 8.79. The van der Waals surface area contributed by atoms with Crippen molar-refractivity contribution < 1.29 is 15.3 Å². The summed E-state index contributed by atoms with van der Waals surface area (Å²) in [4.78, 5) is 17.8. The predicted molar refractivity (Wildman–Crippen MR) is 105 cm³/mol. The summed E-state index contributed by atoms with van der Waals surface area (Å²) in [5, 5.41) is 28.6. The highest BCUT2D eigenvalue weighted by Gasteiger charge is 2.16. The molecule has 28 heavy (non-hydrogen) atoms. The van der Waals surface area contributed by atoms with Gasteiger partial charge in [0.05, 0.1) is 25.2 Å². The molecule has 0 spiro atoms. The summed E-state index contributed by atoms with van der Waals surface area (Å²) >= 11 is 0. The summed E-state index contributed by atoms with van der Waals surface area (Å²) in [5.41, 5.74) is 3.03. The van der Waals surface area contributed by atoms with Crippen LogP contribution in [0.2, 0.25) is 0 Å². The second kappa shape index (κ2) is 9.00. The van der Waals surface area contributed by atoms with E-state index in [2.05, 4.69) is 21.8 Å². The lowest BCUT2D eigenvalue weighted by molar-refractivity contribution is 0.263. The van der Waals surface area contributed by atoms with Crippen molar-refractivity contribution in [3.8, 4) is 17.6 Å². The fourth-order valence-electron chi connectivity index (χ4n) is 2.78. The van der Waals surface area contributed by atoms with E-state index in [-0.39, 0.29) is 31.2 Å². The first-order chi connectivity index (χ1) is 13.6. The second-order valence-corrected chi connectivity index (χ2v) is 6.34. The van der Waals surface area contributed by atoms with E-state index in [1.54, 1.807) is 0 Å². The Kier molecular flexibility index (Phi) is 6.22. The number of aromatic hydroxyl groups is 1. The van der Waals surface area contributed by atoms with Crippen LogP contribution in [0.3, 0.4) is 0 Å². The Morgan fingerprint density at radius 3 is 2.14 bits per heavy atom. The van der Waals surface area contributed by atoms with Gasteiger partial charge in [-0.1, -0.05) is 36.1 Å². The van der Waals surface area contributed by atoms with Gasteiger partial charge >= 0.3 is 0 Å². The number of hydrogen-bond acceptors (Lipinski definition) is 5. The first-order valence-corrected chi connectivity index (χ1v) is 8.79. The molecule has 142 valence electrons. The summed E-state index contributed by atoms with van der Waals surface area (Å²) in [5.74, 6) is 5.42. The predicted octanol–water partition coefficient (Wildman–Crippen LogP) is 1.69. The number of nitrogens with zero attached hydrogens (tertiary/aromatic N) is 1. The zero-order chi connectivity index (χ0) is 19.9. The van der Waals surface area contributed by atoms with E-state index in [9.17, 15) is 15.0 Å². The van der Waals surface area contributed by atoms with Crippen LogP contribution in [0.4, 0.5) is 0 Å². The summed E-state index contributed by atoms with van der Waals surface area (Å²) < 4.78 is 0. The summed E-state index contributed by atoms with van der Waals surface area (Å²) in [6.45, 7) is -0.137. The van der Waals surface area contributed by atoms with Gasteiger partial charge in [0.15, 0.2) is 0 Å². The highest BCUT2D eigenvalue weighted by molar-refractivity contribution is 5.44. The molecule has 0 fully saturated rings. The third kappa shape index (κ3) is 4.65. The van der Waals surface area contributed by atoms with Crippen molar-refractivity contribution in [2.75, 3.05) is 6.61 Å². The Bertz CT molecular complexity index is 1040. The normalized spacial score (nSPS) is 11.5. The van der Waals surface area contributed by atoms with Gasteiger partial charge in [-0.25, -0.2) is 4.98 Å². The van der Waals surface area contributed by atoms with E-state index in [1.165, 1.54) is 6.33 Å². The summed E-state index contributed by atoms with van der Waals surface area (Å²) in [6, 6.07) is 14.8. The van der Waals surface area contributed by atoms with Gasteiger partial charge in [0.25, 0.3) is 5.56 Å². The highest BCUT2D eigenvalue weighted by atomic mass is 16.3. The first kappa shape index (κ1) is 19.4. The molecular formula is C22H20N2O4. The van der Waals surface area contributed by atoms with Gasteiger partial charge in [-0.15, -0.1) is 0 Å². The Morgan fingerprint density at radius 2 is 1.57 bits per heavy atom. The second-order valence-electron chi connectivity index (χ2n) is 6.34. The molecule has 1 unspecified atom stereocenters. The van der Waals surface area contributed by atoms with Gasteiger partial charge in [0.1, 0.15) is 0 Å². The fourth-order valence-corrected chi connectivity index (χ4v) is 2.78. The molecule has 6 heteroatoms. The van der Waals surface area contributed by atoms with Crippen LogP contribution in [-0.4, -0.2) is 31.9 Å². The lowest BCUT2D eigenvalue weighted by atomic mass is 9.94. The van der Waals surface area contributed by atoms with Gasteiger partial charge in [-0.05, 0) is 35.4 Å². The highest BCUT2D eigenvalue weighted by Crippen LogP contribution is 2.22. The van der Waals surface area contributed by atoms with Crippen LogP contribution in [0.25, 0.3) is 0 Å². The number of benzene rings is 2. The minimum atomic E-state index is -0.598. The minimum Gasteiger partial charge on any atom is -0.502 e. The molecule has 1 heterocycles. The zero-order valence-corrected chi connectivity index (χ0v) is 15.1. The maximum Gasteiger partial charge on any atom is 0.293 e. The number of aromatic amines is 1. The van der Waals surface area contributed by atoms with E-state index in [0.717, 1.165) is 22.3 Å². The molecule has 3 aromatic rings. The number of nitrogens with one attached hydrogen (secondary N) is 1. The topological polar surface area (TPSA) is 106 Å². The molecule has 6 nitrogen and oxygen atoms in total. The molecule has 1 atom stereocenters. The van der Waals surface area contributed by atoms with Crippen LogP contribution >= 0.6 is 0 Å². The van der Waals surface area contributed by atoms with E-state index in [0.29, 0.717) is 0 Å². The van der Waals surface area contributed by atoms with E-state index < -0.39 is 11.3 Å². The molecule has 0 saturated carbocycles. The number of aliphatic hydroxyl groups is 2. The monoisotopic (exact) mass is 376 g/mol. The van der Waals surface area contributed by atoms with Gasteiger partial charge in [0.2, 0.25) is 5.75 Å². The number of aromatic nitrogens is 2. The van der Waals surface area contributed by atoms with Crippen LogP contribution in [0, 0.1) is 11.8 Å². The quantitative estimate of drug-likeness (QED) is 0.507. The molecule has 0 saturated heterocycles. The molecule has 4 N–H and O–H groups in total. The van der Waals surface area contributed by atoms with Crippen molar-refractivity contribution in [3.05, 3.63) is 93.2 Å². The average molecular weight is 376 g/mol. The van der Waals surface area contributed by atoms with Crippen molar-refractivity contribution in [3.63, 3.8) is 0 Å². The SMILES string of the molecule is O=c1[nH]cnc(CC(CO)c2ccc(C#Cc3ccc(CO)cc3)cc2)c1O. The van der Waals surface area contributed by atoms with E-state index in [4.69, 9.17) is 5.11 Å². The van der Waals surface area contributed by atoms with Crippen molar-refractivity contribution in [2.24, 2.45) is 0 Å². The lowest BCUT2D eigenvalue weighted by Gasteiger charge is -2.14. The van der Waals surface area contributed by atoms with Crippen LogP contribution in [0.5, 0.6) is 5.75 Å². The standard InChI is InChI=1S/C22H20N2O4/c25-12-17-5-3-15(4-6-17)1-2-16-7-9-18(10-8-16)19(13-26)11-20-21(27)22(28)24-14-23-20/h3-10,14,19,25-27H,11-13H2,(H,23,24,28). The number of hydrogen-bond donors (Lipinski definition) is 4. The Labute approximate surface area is 162 Å². The van der Waals surface area contributed by atoms with Crippen LogP contribution in [0.1, 0.15) is 33.9 Å². The molecule has 3 rings (SSSR count). The van der Waals surface area contributed by atoms with Crippen molar-refractivity contribution >= 4 is 0 Å². The molecule has 0 bridgehead atoms. The minimum absolute atomic E-state index is 0.00581. The third-order valence-electron chi connectivity index (χ3n) is 4.43. The van der Waals surface area contributed by atoms with E-state index >= 15 is 0 Å². The average Bonchev–Trinajstić information content (AvgIpc) is 2.74. The maximum absolute atomic E-state index is 11.5.